The van der Waals surface area contributed by atoms with Crippen molar-refractivity contribution in [1.82, 2.24) is 0 Å². The van der Waals surface area contributed by atoms with Crippen molar-refractivity contribution in [2.45, 2.75) is 38.4 Å². The Morgan fingerprint density at radius 1 is 0.812 bits per heavy atom. The van der Waals surface area contributed by atoms with Gasteiger partial charge in [0.15, 0.2) is 0 Å². The standard InChI is InChI=1S/C26H28O4SSi/c1-16-13-19-15-20(32(4,5)6)11-12-22(19)23(25(16)30-3)24-21-10-8-7-9-18(21)14-17(2)26(24)31(27,28)29/h7-15H,1-6H3,(H,27,28,29). The maximum atomic E-state index is 12.6. The van der Waals surface area contributed by atoms with Crippen LogP contribution in [0.3, 0.4) is 0 Å². The van der Waals surface area contributed by atoms with Crippen LogP contribution in [0.25, 0.3) is 32.7 Å². The molecule has 0 amide bonds. The van der Waals surface area contributed by atoms with E-state index in [1.807, 2.05) is 31.2 Å². The van der Waals surface area contributed by atoms with Crippen LogP contribution in [0, 0.1) is 13.8 Å². The molecule has 0 spiro atoms. The number of benzene rings is 4. The predicted molar refractivity (Wildman–Crippen MR) is 136 cm³/mol. The van der Waals surface area contributed by atoms with Crippen LogP contribution >= 0.6 is 0 Å². The Balaban J connectivity index is 2.28. The van der Waals surface area contributed by atoms with Crippen LogP contribution in [0.5, 0.6) is 5.75 Å². The lowest BCUT2D eigenvalue weighted by molar-refractivity contribution is 0.414. The van der Waals surface area contributed by atoms with Crippen LogP contribution in [-0.4, -0.2) is 28.2 Å². The van der Waals surface area contributed by atoms with E-state index in [0.717, 1.165) is 27.1 Å². The highest BCUT2D eigenvalue weighted by molar-refractivity contribution is 7.86. The first-order valence-corrected chi connectivity index (χ1v) is 15.5. The Kier molecular flexibility index (Phi) is 5.44. The van der Waals surface area contributed by atoms with E-state index in [0.29, 0.717) is 22.4 Å². The Morgan fingerprint density at radius 2 is 1.44 bits per heavy atom. The minimum absolute atomic E-state index is 0.0735. The van der Waals surface area contributed by atoms with Gasteiger partial charge in [0.25, 0.3) is 10.1 Å². The average Bonchev–Trinajstić information content (AvgIpc) is 2.69. The summed E-state index contributed by atoms with van der Waals surface area (Å²) >= 11 is 0. The quantitative estimate of drug-likeness (QED) is 0.294. The molecule has 0 aromatic heterocycles. The second kappa shape index (κ2) is 7.73. The van der Waals surface area contributed by atoms with Gasteiger partial charge in [0, 0.05) is 11.1 Å². The first-order valence-electron chi connectivity index (χ1n) is 10.6. The molecule has 0 unspecified atom stereocenters. The third-order valence-corrected chi connectivity index (χ3v) is 9.13. The lowest BCUT2D eigenvalue weighted by Gasteiger charge is -2.22. The molecule has 0 saturated heterocycles. The number of rotatable bonds is 4. The molecule has 32 heavy (non-hydrogen) atoms. The van der Waals surface area contributed by atoms with E-state index < -0.39 is 18.2 Å². The van der Waals surface area contributed by atoms with Crippen molar-refractivity contribution in [3.63, 3.8) is 0 Å². The van der Waals surface area contributed by atoms with Gasteiger partial charge in [0.1, 0.15) is 10.6 Å². The molecule has 0 heterocycles. The molecule has 0 aliphatic rings. The molecule has 0 aliphatic carbocycles. The van der Waals surface area contributed by atoms with Gasteiger partial charge in [-0.25, -0.2) is 0 Å². The maximum absolute atomic E-state index is 12.6. The number of methoxy groups -OCH3 is 1. The molecular formula is C26H28O4SSi. The number of ether oxygens (including phenoxy) is 1. The molecule has 0 fully saturated rings. The number of hydrogen-bond donors (Lipinski definition) is 1. The van der Waals surface area contributed by atoms with Gasteiger partial charge in [-0.3, -0.25) is 4.55 Å². The number of aryl methyl sites for hydroxylation is 2. The van der Waals surface area contributed by atoms with Gasteiger partial charge in [-0.05, 0) is 52.6 Å². The fraction of sp³-hybridized carbons (Fsp3) is 0.231. The van der Waals surface area contributed by atoms with E-state index in [-0.39, 0.29) is 4.90 Å². The smallest absolute Gasteiger partial charge is 0.295 e. The molecule has 0 aliphatic heterocycles. The summed E-state index contributed by atoms with van der Waals surface area (Å²) < 4.78 is 41.3. The summed E-state index contributed by atoms with van der Waals surface area (Å²) in [5, 5.41) is 4.91. The molecule has 4 nitrogen and oxygen atoms in total. The average molecular weight is 465 g/mol. The van der Waals surface area contributed by atoms with Crippen molar-refractivity contribution in [2.24, 2.45) is 0 Å². The second-order valence-corrected chi connectivity index (χ2v) is 15.8. The first kappa shape index (κ1) is 22.5. The van der Waals surface area contributed by atoms with Crippen molar-refractivity contribution >= 4 is 44.9 Å². The topological polar surface area (TPSA) is 63.6 Å². The van der Waals surface area contributed by atoms with Gasteiger partial charge in [0.2, 0.25) is 0 Å². The Labute approximate surface area is 190 Å². The predicted octanol–water partition coefficient (Wildman–Crippen LogP) is 6.08. The summed E-state index contributed by atoms with van der Waals surface area (Å²) in [4.78, 5) is -0.0735. The summed E-state index contributed by atoms with van der Waals surface area (Å²) in [6.45, 7) is 10.6. The molecule has 4 aromatic carbocycles. The summed E-state index contributed by atoms with van der Waals surface area (Å²) in [7, 11) is -4.44. The molecule has 6 heteroatoms. The van der Waals surface area contributed by atoms with Crippen LogP contribution in [0.1, 0.15) is 11.1 Å². The van der Waals surface area contributed by atoms with Crippen molar-refractivity contribution in [2.75, 3.05) is 7.11 Å². The summed E-state index contributed by atoms with van der Waals surface area (Å²) in [6, 6.07) is 17.9. The zero-order valence-corrected chi connectivity index (χ0v) is 21.1. The van der Waals surface area contributed by atoms with E-state index in [4.69, 9.17) is 4.74 Å². The third-order valence-electron chi connectivity index (χ3n) is 6.04. The monoisotopic (exact) mass is 464 g/mol. The fourth-order valence-corrected chi connectivity index (χ4v) is 6.66. The normalized spacial score (nSPS) is 12.5. The van der Waals surface area contributed by atoms with Gasteiger partial charge in [0.05, 0.1) is 15.2 Å². The molecule has 0 atom stereocenters. The van der Waals surface area contributed by atoms with Crippen LogP contribution in [0.2, 0.25) is 19.6 Å². The van der Waals surface area contributed by atoms with E-state index in [1.165, 1.54) is 5.19 Å². The van der Waals surface area contributed by atoms with E-state index in [2.05, 4.69) is 43.9 Å². The maximum Gasteiger partial charge on any atom is 0.295 e. The summed E-state index contributed by atoms with van der Waals surface area (Å²) in [5.41, 5.74) is 2.58. The Bertz CT molecular complexity index is 1480. The molecule has 166 valence electrons. The number of hydrogen-bond acceptors (Lipinski definition) is 3. The molecule has 4 rings (SSSR count). The highest BCUT2D eigenvalue weighted by Crippen LogP contribution is 2.46. The molecule has 1 N–H and O–H groups in total. The second-order valence-electron chi connectivity index (χ2n) is 9.38. The van der Waals surface area contributed by atoms with E-state index in [9.17, 15) is 13.0 Å². The van der Waals surface area contributed by atoms with Crippen LogP contribution in [-0.2, 0) is 10.1 Å². The Morgan fingerprint density at radius 3 is 2.06 bits per heavy atom. The highest BCUT2D eigenvalue weighted by atomic mass is 32.2. The van der Waals surface area contributed by atoms with Gasteiger partial charge in [-0.2, -0.15) is 8.42 Å². The lowest BCUT2D eigenvalue weighted by atomic mass is 9.90. The Hall–Kier alpha value is -2.67. The zero-order valence-electron chi connectivity index (χ0n) is 19.3. The molecule has 0 bridgehead atoms. The van der Waals surface area contributed by atoms with Crippen LogP contribution < -0.4 is 9.92 Å². The van der Waals surface area contributed by atoms with Crippen LogP contribution in [0.4, 0.5) is 0 Å². The molecule has 4 aromatic rings. The first-order chi connectivity index (χ1) is 14.9. The zero-order chi connectivity index (χ0) is 23.4. The van der Waals surface area contributed by atoms with Gasteiger partial charge < -0.3 is 4.74 Å². The highest BCUT2D eigenvalue weighted by Gasteiger charge is 2.27. The fourth-order valence-electron chi connectivity index (χ4n) is 4.56. The van der Waals surface area contributed by atoms with Gasteiger partial charge in [-0.1, -0.05) is 73.4 Å². The van der Waals surface area contributed by atoms with Gasteiger partial charge >= 0.3 is 0 Å². The van der Waals surface area contributed by atoms with E-state index >= 15 is 0 Å². The molecular weight excluding hydrogens is 436 g/mol. The number of fused-ring (bicyclic) bond motifs is 2. The minimum atomic E-state index is -4.49. The van der Waals surface area contributed by atoms with E-state index in [1.54, 1.807) is 20.1 Å². The van der Waals surface area contributed by atoms with Gasteiger partial charge in [-0.15, -0.1) is 0 Å². The van der Waals surface area contributed by atoms with Crippen molar-refractivity contribution in [1.29, 1.82) is 0 Å². The SMILES string of the molecule is COc1c(C)cc2cc([Si](C)(C)C)ccc2c1-c1c(S(=O)(=O)O)c(C)cc2ccccc12. The summed E-state index contributed by atoms with van der Waals surface area (Å²) in [5.74, 6) is 0.610. The van der Waals surface area contributed by atoms with Crippen molar-refractivity contribution < 1.29 is 17.7 Å². The van der Waals surface area contributed by atoms with Crippen molar-refractivity contribution in [3.8, 4) is 16.9 Å². The van der Waals surface area contributed by atoms with Crippen molar-refractivity contribution in [3.05, 3.63) is 65.7 Å². The summed E-state index contributed by atoms with van der Waals surface area (Å²) in [6.07, 6.45) is 0. The lowest BCUT2D eigenvalue weighted by Crippen LogP contribution is -2.37. The molecule has 0 saturated carbocycles. The third kappa shape index (κ3) is 3.72. The molecule has 0 radical (unpaired) electrons. The minimum Gasteiger partial charge on any atom is -0.496 e. The largest absolute Gasteiger partial charge is 0.496 e. The van der Waals surface area contributed by atoms with Crippen LogP contribution in [0.15, 0.2) is 59.5 Å².